The van der Waals surface area contributed by atoms with E-state index in [-0.39, 0.29) is 6.04 Å². The zero-order valence-corrected chi connectivity index (χ0v) is 17.7. The number of aromatic nitrogens is 1. The number of ether oxygens (including phenoxy) is 1. The molecule has 1 atom stereocenters. The molecule has 1 aromatic heterocycles. The third-order valence-electron chi connectivity index (χ3n) is 4.80. The molecule has 0 saturated carbocycles. The Morgan fingerprint density at radius 2 is 1.89 bits per heavy atom. The van der Waals surface area contributed by atoms with Crippen LogP contribution in [0.4, 0.5) is 5.69 Å². The fraction of sp³-hybridized carbons (Fsp3) is 0.286. The zero-order valence-electron chi connectivity index (χ0n) is 16.0. The van der Waals surface area contributed by atoms with E-state index < -0.39 is 10.0 Å². The van der Waals surface area contributed by atoms with Crippen LogP contribution in [-0.2, 0) is 16.4 Å². The van der Waals surface area contributed by atoms with Gasteiger partial charge in [0.15, 0.2) is 0 Å². The summed E-state index contributed by atoms with van der Waals surface area (Å²) in [4.78, 5) is 4.78. The Kier molecular flexibility index (Phi) is 4.89. The van der Waals surface area contributed by atoms with Gasteiger partial charge in [0.2, 0.25) is 10.0 Å². The van der Waals surface area contributed by atoms with Crippen molar-refractivity contribution in [2.75, 3.05) is 17.2 Å². The minimum atomic E-state index is -3.27. The van der Waals surface area contributed by atoms with E-state index in [2.05, 4.69) is 6.07 Å². The van der Waals surface area contributed by atoms with Gasteiger partial charge in [-0.05, 0) is 62.2 Å². The van der Waals surface area contributed by atoms with Crippen LogP contribution in [0.1, 0.15) is 19.4 Å². The van der Waals surface area contributed by atoms with Gasteiger partial charge in [0.1, 0.15) is 10.8 Å². The van der Waals surface area contributed by atoms with Crippen molar-refractivity contribution in [2.24, 2.45) is 0 Å². The van der Waals surface area contributed by atoms with Crippen molar-refractivity contribution in [3.05, 3.63) is 53.4 Å². The van der Waals surface area contributed by atoms with Crippen molar-refractivity contribution in [1.82, 2.24) is 4.98 Å². The van der Waals surface area contributed by atoms with Crippen LogP contribution in [0.15, 0.2) is 47.8 Å². The lowest BCUT2D eigenvalue weighted by molar-refractivity contribution is 0.340. The lowest BCUT2D eigenvalue weighted by Gasteiger charge is -2.21. The van der Waals surface area contributed by atoms with Crippen molar-refractivity contribution in [2.45, 2.75) is 26.3 Å². The molecular weight excluding hydrogens is 392 g/mol. The second-order valence-electron chi connectivity index (χ2n) is 6.95. The van der Waals surface area contributed by atoms with E-state index in [4.69, 9.17) is 9.72 Å². The Labute approximate surface area is 169 Å². The van der Waals surface area contributed by atoms with E-state index in [9.17, 15) is 8.42 Å². The fourth-order valence-corrected chi connectivity index (χ4v) is 5.77. The average Bonchev–Trinajstić information content (AvgIpc) is 3.25. The van der Waals surface area contributed by atoms with E-state index >= 15 is 0 Å². The number of fused-ring (bicyclic) bond motifs is 1. The maximum absolute atomic E-state index is 12.1. The summed E-state index contributed by atoms with van der Waals surface area (Å²) in [5.41, 5.74) is 4.79. The van der Waals surface area contributed by atoms with Crippen LogP contribution in [0.5, 0.6) is 5.75 Å². The fourth-order valence-electron chi connectivity index (χ4n) is 3.67. The highest BCUT2D eigenvalue weighted by Gasteiger charge is 2.32. The highest BCUT2D eigenvalue weighted by molar-refractivity contribution is 7.92. The van der Waals surface area contributed by atoms with Crippen LogP contribution in [0.3, 0.4) is 0 Å². The number of hydrogen-bond donors (Lipinski definition) is 0. The van der Waals surface area contributed by atoms with Gasteiger partial charge in [-0.1, -0.05) is 6.07 Å². The molecule has 0 fully saturated rings. The molecule has 7 heteroatoms. The topological polar surface area (TPSA) is 59.5 Å². The summed E-state index contributed by atoms with van der Waals surface area (Å²) in [6, 6.07) is 13.8. The molecule has 0 saturated heterocycles. The molecule has 2 heterocycles. The average molecular weight is 415 g/mol. The van der Waals surface area contributed by atoms with Crippen LogP contribution in [-0.4, -0.2) is 32.3 Å². The van der Waals surface area contributed by atoms with Gasteiger partial charge < -0.3 is 4.74 Å². The van der Waals surface area contributed by atoms with Gasteiger partial charge in [-0.3, -0.25) is 4.31 Å². The summed E-state index contributed by atoms with van der Waals surface area (Å²) in [6.07, 6.45) is 1.97. The Hall–Kier alpha value is -2.38. The first-order valence-corrected chi connectivity index (χ1v) is 11.9. The maximum Gasteiger partial charge on any atom is 0.232 e. The van der Waals surface area contributed by atoms with E-state index in [1.54, 1.807) is 11.3 Å². The van der Waals surface area contributed by atoms with Crippen molar-refractivity contribution >= 4 is 27.0 Å². The maximum atomic E-state index is 12.1. The quantitative estimate of drug-likeness (QED) is 0.613. The van der Waals surface area contributed by atoms with Crippen molar-refractivity contribution in [1.29, 1.82) is 0 Å². The largest absolute Gasteiger partial charge is 0.494 e. The van der Waals surface area contributed by atoms with Gasteiger partial charge in [0.05, 0.1) is 24.2 Å². The van der Waals surface area contributed by atoms with Gasteiger partial charge in [-0.15, -0.1) is 11.3 Å². The van der Waals surface area contributed by atoms with Crippen LogP contribution >= 0.6 is 11.3 Å². The van der Waals surface area contributed by atoms with Gasteiger partial charge in [0.25, 0.3) is 0 Å². The highest BCUT2D eigenvalue weighted by atomic mass is 32.2. The number of hydrogen-bond acceptors (Lipinski definition) is 5. The third kappa shape index (κ3) is 3.52. The Bertz CT molecular complexity index is 1100. The molecule has 5 nitrogen and oxygen atoms in total. The molecule has 0 N–H and O–H groups in total. The Balaban J connectivity index is 1.62. The predicted molar refractivity (Wildman–Crippen MR) is 115 cm³/mol. The normalized spacial score (nSPS) is 16.2. The van der Waals surface area contributed by atoms with Crippen molar-refractivity contribution in [3.8, 4) is 27.6 Å². The summed E-state index contributed by atoms with van der Waals surface area (Å²) in [5, 5.41) is 2.99. The van der Waals surface area contributed by atoms with Crippen molar-refractivity contribution < 1.29 is 13.2 Å². The molecule has 28 heavy (non-hydrogen) atoms. The minimum Gasteiger partial charge on any atom is -0.494 e. The molecule has 0 unspecified atom stereocenters. The summed E-state index contributed by atoms with van der Waals surface area (Å²) < 4.78 is 31.2. The lowest BCUT2D eigenvalue weighted by atomic mass is 10.1. The van der Waals surface area contributed by atoms with Gasteiger partial charge >= 0.3 is 0 Å². The molecule has 0 spiro atoms. The number of thiazole rings is 1. The highest BCUT2D eigenvalue weighted by Crippen LogP contribution is 2.38. The third-order valence-corrected chi connectivity index (χ3v) is 6.96. The number of anilines is 1. The van der Waals surface area contributed by atoms with Crippen LogP contribution in [0, 0.1) is 0 Å². The van der Waals surface area contributed by atoms with Crippen molar-refractivity contribution in [3.63, 3.8) is 0 Å². The van der Waals surface area contributed by atoms with Gasteiger partial charge in [-0.25, -0.2) is 13.4 Å². The first kappa shape index (κ1) is 19.0. The van der Waals surface area contributed by atoms with E-state index in [0.717, 1.165) is 38.8 Å². The second-order valence-corrected chi connectivity index (χ2v) is 9.67. The lowest BCUT2D eigenvalue weighted by Crippen LogP contribution is -2.34. The Morgan fingerprint density at radius 1 is 1.18 bits per heavy atom. The summed E-state index contributed by atoms with van der Waals surface area (Å²) in [6.45, 7) is 4.55. The Morgan fingerprint density at radius 3 is 2.57 bits per heavy atom. The predicted octanol–water partition coefficient (Wildman–Crippen LogP) is 4.59. The first-order valence-electron chi connectivity index (χ1n) is 9.18. The molecule has 1 aliphatic rings. The molecule has 1 aliphatic heterocycles. The number of sulfonamides is 1. The molecule has 2 aromatic carbocycles. The monoisotopic (exact) mass is 414 g/mol. The SMILES string of the molecule is CCOc1ccc(-c2nc(-c3ccc4c(c3)C[C@@H](C)N4S(C)(=O)=O)cs2)cc1. The van der Waals surface area contributed by atoms with Gasteiger partial charge in [-0.2, -0.15) is 0 Å². The van der Waals surface area contributed by atoms with E-state index in [1.165, 1.54) is 10.6 Å². The molecule has 3 aromatic rings. The molecule has 0 radical (unpaired) electrons. The molecule has 0 amide bonds. The number of benzene rings is 2. The molecule has 0 bridgehead atoms. The summed E-state index contributed by atoms with van der Waals surface area (Å²) in [5.74, 6) is 0.853. The molecule has 4 rings (SSSR count). The standard InChI is InChI=1S/C21H22N2O3S2/c1-4-26-18-8-5-15(6-9-18)21-22-19(13-27-21)16-7-10-20-17(12-16)11-14(2)23(20)28(3,24)25/h5-10,12-14H,4,11H2,1-3H3/t14-/m1/s1. The number of nitrogens with zero attached hydrogens (tertiary/aromatic N) is 2. The first-order chi connectivity index (χ1) is 13.4. The smallest absolute Gasteiger partial charge is 0.232 e. The summed E-state index contributed by atoms with van der Waals surface area (Å²) >= 11 is 1.60. The van der Waals surface area contributed by atoms with Crippen LogP contribution in [0.25, 0.3) is 21.8 Å². The minimum absolute atomic E-state index is 0.0601. The summed E-state index contributed by atoms with van der Waals surface area (Å²) in [7, 11) is -3.27. The van der Waals surface area contributed by atoms with Gasteiger partial charge in [0, 0.05) is 22.5 Å². The molecular formula is C21H22N2O3S2. The van der Waals surface area contributed by atoms with Crippen LogP contribution in [0.2, 0.25) is 0 Å². The molecule has 146 valence electrons. The second kappa shape index (κ2) is 7.22. The van der Waals surface area contributed by atoms with E-state index in [0.29, 0.717) is 13.0 Å². The number of rotatable bonds is 5. The van der Waals surface area contributed by atoms with Crippen LogP contribution < -0.4 is 9.04 Å². The van der Waals surface area contributed by atoms with E-state index in [1.807, 2.05) is 55.6 Å². The molecule has 0 aliphatic carbocycles. The zero-order chi connectivity index (χ0) is 19.9.